The third-order valence-electron chi connectivity index (χ3n) is 3.53. The minimum Gasteiger partial charge on any atom is -0.388 e. The van der Waals surface area contributed by atoms with Crippen LogP contribution < -0.4 is 0 Å². The smallest absolute Gasteiger partial charge is 0.223 e. The predicted octanol–water partition coefficient (Wildman–Crippen LogP) is 1.53. The van der Waals surface area contributed by atoms with Crippen LogP contribution in [0.4, 0.5) is 0 Å². The number of amides is 1. The SMILES string of the molecule is O=C1CC(CBr)CN1CC1(O)CCCC1. The summed E-state index contributed by atoms with van der Waals surface area (Å²) in [6.45, 7) is 1.36. The Kier molecular flexibility index (Phi) is 3.36. The minimum absolute atomic E-state index is 0.208. The maximum atomic E-state index is 11.7. The molecular weight excluding hydrogens is 258 g/mol. The van der Waals surface area contributed by atoms with Crippen molar-refractivity contribution in [1.82, 2.24) is 4.90 Å². The number of β-amino-alcohol motifs (C(OH)–C–C–N with tert-alkyl or cyclic N) is 1. The number of likely N-dealkylation sites (tertiary alicyclic amines) is 1. The van der Waals surface area contributed by atoms with Gasteiger partial charge in [0.1, 0.15) is 0 Å². The summed E-state index contributed by atoms with van der Waals surface area (Å²) in [4.78, 5) is 13.5. The molecule has 2 aliphatic rings. The predicted molar refractivity (Wildman–Crippen MR) is 61.9 cm³/mol. The van der Waals surface area contributed by atoms with Gasteiger partial charge in [0.15, 0.2) is 0 Å². The van der Waals surface area contributed by atoms with Gasteiger partial charge in [-0.3, -0.25) is 4.79 Å². The molecule has 3 nitrogen and oxygen atoms in total. The second-order valence-electron chi connectivity index (χ2n) is 4.93. The van der Waals surface area contributed by atoms with Gasteiger partial charge in [0.2, 0.25) is 5.91 Å². The number of rotatable bonds is 3. The topological polar surface area (TPSA) is 40.5 Å². The van der Waals surface area contributed by atoms with Crippen LogP contribution >= 0.6 is 15.9 Å². The van der Waals surface area contributed by atoms with Crippen LogP contribution in [-0.4, -0.2) is 39.9 Å². The number of halogens is 1. The molecule has 1 unspecified atom stereocenters. The summed E-state index contributed by atoms with van der Waals surface area (Å²) in [5.41, 5.74) is -0.586. The Labute approximate surface area is 99.0 Å². The molecule has 1 aliphatic heterocycles. The lowest BCUT2D eigenvalue weighted by Crippen LogP contribution is -2.41. The van der Waals surface area contributed by atoms with Crippen LogP contribution in [0.1, 0.15) is 32.1 Å². The van der Waals surface area contributed by atoms with Crippen LogP contribution in [0.15, 0.2) is 0 Å². The molecule has 4 heteroatoms. The van der Waals surface area contributed by atoms with Gasteiger partial charge in [-0.25, -0.2) is 0 Å². The van der Waals surface area contributed by atoms with Gasteiger partial charge in [-0.1, -0.05) is 28.8 Å². The first-order chi connectivity index (χ1) is 7.13. The van der Waals surface area contributed by atoms with Gasteiger partial charge >= 0.3 is 0 Å². The zero-order chi connectivity index (χ0) is 10.9. The van der Waals surface area contributed by atoms with E-state index in [1.807, 2.05) is 4.90 Å². The van der Waals surface area contributed by atoms with Gasteiger partial charge in [0, 0.05) is 24.8 Å². The number of aliphatic hydroxyl groups is 1. The zero-order valence-corrected chi connectivity index (χ0v) is 10.5. The van der Waals surface area contributed by atoms with Crippen LogP contribution in [-0.2, 0) is 4.79 Å². The van der Waals surface area contributed by atoms with E-state index in [4.69, 9.17) is 0 Å². The molecule has 0 aromatic rings. The van der Waals surface area contributed by atoms with E-state index < -0.39 is 5.60 Å². The Bertz CT molecular complexity index is 251. The zero-order valence-electron chi connectivity index (χ0n) is 8.91. The summed E-state index contributed by atoms with van der Waals surface area (Å²) in [7, 11) is 0. The molecule has 0 aromatic carbocycles. The summed E-state index contributed by atoms with van der Waals surface area (Å²) in [5.74, 6) is 0.641. The molecular formula is C11H18BrNO2. The van der Waals surface area contributed by atoms with Crippen molar-refractivity contribution in [2.75, 3.05) is 18.4 Å². The van der Waals surface area contributed by atoms with E-state index in [0.29, 0.717) is 18.9 Å². The normalized spacial score (nSPS) is 30.1. The first kappa shape index (κ1) is 11.4. The van der Waals surface area contributed by atoms with Crippen molar-refractivity contribution < 1.29 is 9.90 Å². The van der Waals surface area contributed by atoms with Crippen LogP contribution in [0.2, 0.25) is 0 Å². The highest BCUT2D eigenvalue weighted by Gasteiger charge is 2.37. The molecule has 0 spiro atoms. The van der Waals surface area contributed by atoms with Gasteiger partial charge in [-0.15, -0.1) is 0 Å². The number of nitrogens with zero attached hydrogens (tertiary/aromatic N) is 1. The Balaban J connectivity index is 1.92. The molecule has 1 amide bonds. The van der Waals surface area contributed by atoms with Crippen LogP contribution in [0, 0.1) is 5.92 Å². The fourth-order valence-electron chi connectivity index (χ4n) is 2.66. The van der Waals surface area contributed by atoms with E-state index >= 15 is 0 Å². The van der Waals surface area contributed by atoms with Crippen LogP contribution in [0.3, 0.4) is 0 Å². The van der Waals surface area contributed by atoms with Crippen molar-refractivity contribution in [3.8, 4) is 0 Å². The molecule has 0 aromatic heterocycles. The van der Waals surface area contributed by atoms with Crippen molar-refractivity contribution in [1.29, 1.82) is 0 Å². The van der Waals surface area contributed by atoms with Crippen molar-refractivity contribution in [2.45, 2.75) is 37.7 Å². The first-order valence-corrected chi connectivity index (χ1v) is 6.81. The molecule has 86 valence electrons. The second-order valence-corrected chi connectivity index (χ2v) is 5.58. The molecule has 1 N–H and O–H groups in total. The van der Waals surface area contributed by atoms with E-state index in [1.54, 1.807) is 0 Å². The van der Waals surface area contributed by atoms with E-state index in [9.17, 15) is 9.90 Å². The highest BCUT2D eigenvalue weighted by molar-refractivity contribution is 9.09. The summed E-state index contributed by atoms with van der Waals surface area (Å²) in [6.07, 6.45) is 4.55. The first-order valence-electron chi connectivity index (χ1n) is 5.69. The average Bonchev–Trinajstić information content (AvgIpc) is 2.75. The number of carbonyl (C=O) groups is 1. The van der Waals surface area contributed by atoms with Crippen LogP contribution in [0.5, 0.6) is 0 Å². The van der Waals surface area contributed by atoms with Gasteiger partial charge in [0.05, 0.1) is 5.60 Å². The van der Waals surface area contributed by atoms with Gasteiger partial charge in [-0.05, 0) is 18.8 Å². The molecule has 2 fully saturated rings. The van der Waals surface area contributed by atoms with Gasteiger partial charge in [-0.2, -0.15) is 0 Å². The molecule has 2 rings (SSSR count). The van der Waals surface area contributed by atoms with Crippen molar-refractivity contribution >= 4 is 21.8 Å². The Morgan fingerprint density at radius 3 is 2.67 bits per heavy atom. The Hall–Kier alpha value is -0.0900. The Morgan fingerprint density at radius 1 is 1.47 bits per heavy atom. The van der Waals surface area contributed by atoms with Crippen LogP contribution in [0.25, 0.3) is 0 Å². The number of carbonyl (C=O) groups excluding carboxylic acids is 1. The summed E-state index contributed by atoms with van der Waals surface area (Å²) in [6, 6.07) is 0. The maximum Gasteiger partial charge on any atom is 0.223 e. The quantitative estimate of drug-likeness (QED) is 0.794. The van der Waals surface area contributed by atoms with Crippen molar-refractivity contribution in [3.63, 3.8) is 0 Å². The molecule has 1 saturated carbocycles. The number of hydrogen-bond acceptors (Lipinski definition) is 2. The van der Waals surface area contributed by atoms with E-state index in [1.165, 1.54) is 0 Å². The lowest BCUT2D eigenvalue weighted by atomic mass is 10.0. The third kappa shape index (κ3) is 2.53. The average molecular weight is 276 g/mol. The second kappa shape index (κ2) is 4.42. The van der Waals surface area contributed by atoms with Crippen molar-refractivity contribution in [2.24, 2.45) is 5.92 Å². The molecule has 1 saturated heterocycles. The lowest BCUT2D eigenvalue weighted by molar-refractivity contribution is -0.130. The minimum atomic E-state index is -0.586. The fourth-order valence-corrected chi connectivity index (χ4v) is 3.09. The van der Waals surface area contributed by atoms with E-state index in [0.717, 1.165) is 37.6 Å². The maximum absolute atomic E-state index is 11.7. The lowest BCUT2D eigenvalue weighted by Gasteiger charge is -2.28. The summed E-state index contributed by atoms with van der Waals surface area (Å²) in [5, 5.41) is 11.1. The summed E-state index contributed by atoms with van der Waals surface area (Å²) >= 11 is 3.42. The molecule has 0 radical (unpaired) electrons. The molecule has 15 heavy (non-hydrogen) atoms. The molecule has 0 bridgehead atoms. The van der Waals surface area contributed by atoms with E-state index in [2.05, 4.69) is 15.9 Å². The third-order valence-corrected chi connectivity index (χ3v) is 4.45. The van der Waals surface area contributed by atoms with Gasteiger partial charge in [0.25, 0.3) is 0 Å². The summed E-state index contributed by atoms with van der Waals surface area (Å²) < 4.78 is 0. The highest BCUT2D eigenvalue weighted by Crippen LogP contribution is 2.32. The molecule has 1 atom stereocenters. The molecule has 1 aliphatic carbocycles. The standard InChI is InChI=1S/C11H18BrNO2/c12-6-9-5-10(14)13(7-9)8-11(15)3-1-2-4-11/h9,15H,1-8H2. The van der Waals surface area contributed by atoms with E-state index in [-0.39, 0.29) is 5.91 Å². The fraction of sp³-hybridized carbons (Fsp3) is 0.909. The van der Waals surface area contributed by atoms with Gasteiger partial charge < -0.3 is 10.0 Å². The van der Waals surface area contributed by atoms with Crippen molar-refractivity contribution in [3.05, 3.63) is 0 Å². The molecule has 1 heterocycles. The largest absolute Gasteiger partial charge is 0.388 e. The number of hydrogen-bond donors (Lipinski definition) is 1. The monoisotopic (exact) mass is 275 g/mol. The number of alkyl halides is 1. The Morgan fingerprint density at radius 2 is 2.13 bits per heavy atom. The highest BCUT2D eigenvalue weighted by atomic mass is 79.9.